The first-order valence-corrected chi connectivity index (χ1v) is 32.7. The predicted molar refractivity (Wildman–Crippen MR) is 390 cm³/mol. The lowest BCUT2D eigenvalue weighted by Crippen LogP contribution is -2.27. The van der Waals surface area contributed by atoms with Crippen LogP contribution in [0.2, 0.25) is 0 Å². The molecule has 20 rings (SSSR count). The number of nitrogens with zero attached hydrogens (tertiary/aromatic N) is 2. The number of furan rings is 2. The van der Waals surface area contributed by atoms with E-state index in [1.54, 1.807) is 0 Å². The van der Waals surface area contributed by atoms with E-state index in [1.165, 1.54) is 77.5 Å². The van der Waals surface area contributed by atoms with Gasteiger partial charge in [-0.1, -0.05) is 231 Å². The van der Waals surface area contributed by atoms with Crippen molar-refractivity contribution in [2.24, 2.45) is 0 Å². The topological polar surface area (TPSA) is 32.8 Å². The largest absolute Gasteiger partial charge is 0.455 e. The van der Waals surface area contributed by atoms with Crippen molar-refractivity contribution in [3.8, 4) is 55.6 Å². The fourth-order valence-electron chi connectivity index (χ4n) is 16.7. The summed E-state index contributed by atoms with van der Waals surface area (Å²) < 4.78 is 15.4. The maximum absolute atomic E-state index is 7.72. The first-order valence-electron chi connectivity index (χ1n) is 32.7. The minimum absolute atomic E-state index is 0.824. The summed E-state index contributed by atoms with van der Waals surface area (Å²) in [5.41, 5.74) is 30.6. The van der Waals surface area contributed by atoms with Crippen LogP contribution in [0.1, 0.15) is 44.5 Å². The molecule has 0 bridgehead atoms. The van der Waals surface area contributed by atoms with Gasteiger partial charge < -0.3 is 18.6 Å². The third kappa shape index (κ3) is 7.45. The van der Waals surface area contributed by atoms with Gasteiger partial charge in [0.1, 0.15) is 22.3 Å². The van der Waals surface area contributed by atoms with Gasteiger partial charge in [0, 0.05) is 44.6 Å². The first-order chi connectivity index (χ1) is 46.4. The van der Waals surface area contributed by atoms with E-state index in [9.17, 15) is 0 Å². The third-order valence-electron chi connectivity index (χ3n) is 20.9. The van der Waals surface area contributed by atoms with Gasteiger partial charge in [0.2, 0.25) is 0 Å². The van der Waals surface area contributed by atoms with Gasteiger partial charge in [0.15, 0.2) is 0 Å². The molecule has 0 N–H and O–H groups in total. The van der Waals surface area contributed by atoms with Crippen LogP contribution in [-0.2, 0) is 11.8 Å². The van der Waals surface area contributed by atoms with Crippen molar-refractivity contribution in [3.05, 3.63) is 348 Å². The lowest BCUT2D eigenvalue weighted by molar-refractivity contribution is 0.665. The molecule has 0 saturated heterocycles. The van der Waals surface area contributed by atoms with Crippen molar-refractivity contribution in [2.75, 3.05) is 9.80 Å². The number of hydrogen-bond donors (Lipinski definition) is 0. The van der Waals surface area contributed by atoms with Crippen LogP contribution in [0.15, 0.2) is 312 Å². The van der Waals surface area contributed by atoms with Crippen LogP contribution in [0.4, 0.5) is 34.1 Å². The van der Waals surface area contributed by atoms with Crippen LogP contribution in [0, 0.1) is 13.8 Å². The number of aryl methyl sites for hydroxylation is 2. The van der Waals surface area contributed by atoms with Crippen LogP contribution in [-0.4, -0.2) is 0 Å². The molecule has 0 amide bonds. The summed E-state index contributed by atoms with van der Waals surface area (Å²) in [7, 11) is 0. The monoisotopic (exact) mass is 1200 g/mol. The zero-order valence-corrected chi connectivity index (χ0v) is 51.8. The molecule has 4 heteroatoms. The lowest BCUT2D eigenvalue weighted by Gasteiger charge is -2.34. The number of hydrogen-bond acceptors (Lipinski definition) is 4. The molecule has 0 fully saturated rings. The fraction of sp³-hybridized carbons (Fsp3) is 0.0444. The molecule has 2 heterocycles. The Morgan fingerprint density at radius 3 is 1.32 bits per heavy atom. The van der Waals surface area contributed by atoms with Crippen molar-refractivity contribution < 1.29 is 8.83 Å². The summed E-state index contributed by atoms with van der Waals surface area (Å²) in [6.07, 6.45) is 0.840. The van der Waals surface area contributed by atoms with Crippen LogP contribution in [0.3, 0.4) is 0 Å². The number of anilines is 6. The number of rotatable bonds is 8. The minimum atomic E-state index is -0.909. The minimum Gasteiger partial charge on any atom is -0.455 e. The van der Waals surface area contributed by atoms with Crippen molar-refractivity contribution in [3.63, 3.8) is 0 Å². The van der Waals surface area contributed by atoms with Gasteiger partial charge in [-0.2, -0.15) is 0 Å². The maximum Gasteiger partial charge on any atom is 0.145 e. The Morgan fingerprint density at radius 2 is 0.766 bits per heavy atom. The Balaban J connectivity index is 0.931. The summed E-state index contributed by atoms with van der Waals surface area (Å²) in [4.78, 5) is 5.04. The van der Waals surface area contributed by atoms with Crippen molar-refractivity contribution in [2.45, 2.75) is 25.7 Å². The summed E-state index contributed by atoms with van der Waals surface area (Å²) in [6.45, 7) is 4.48. The van der Waals surface area contributed by atoms with Crippen molar-refractivity contribution in [1.82, 2.24) is 0 Å². The van der Waals surface area contributed by atoms with E-state index in [2.05, 4.69) is 327 Å². The normalized spacial score (nSPS) is 13.0. The highest BCUT2D eigenvalue weighted by Crippen LogP contribution is 2.69. The molecular formula is C90H58N2O2. The van der Waals surface area contributed by atoms with E-state index in [4.69, 9.17) is 8.83 Å². The first kappa shape index (κ1) is 52.8. The molecule has 0 radical (unpaired) electrons. The maximum atomic E-state index is 7.72. The molecule has 17 aromatic rings. The second-order valence-corrected chi connectivity index (χ2v) is 25.9. The molecule has 0 saturated carbocycles. The Bertz CT molecular complexity index is 5770. The Morgan fingerprint density at radius 1 is 0.309 bits per heavy atom. The Kier molecular flexibility index (Phi) is 11.2. The van der Waals surface area contributed by atoms with Gasteiger partial charge in [-0.15, -0.1) is 0 Å². The van der Waals surface area contributed by atoms with E-state index >= 15 is 0 Å². The highest BCUT2D eigenvalue weighted by atomic mass is 16.3. The predicted octanol–water partition coefficient (Wildman–Crippen LogP) is 24.6. The molecule has 94 heavy (non-hydrogen) atoms. The van der Waals surface area contributed by atoms with Crippen molar-refractivity contribution >= 4 is 99.5 Å². The summed E-state index contributed by atoms with van der Waals surface area (Å²) in [6, 6.07) is 112. The number of fused-ring (bicyclic) bond motifs is 24. The molecule has 0 unspecified atom stereocenters. The van der Waals surface area contributed by atoms with Crippen LogP contribution in [0.25, 0.3) is 121 Å². The van der Waals surface area contributed by atoms with E-state index in [-0.39, 0.29) is 0 Å². The Hall–Kier alpha value is -12.0. The third-order valence-corrected chi connectivity index (χ3v) is 20.9. The standard InChI is InChI=1S/C90H58N2O2/c1-54-21-9-17-33-77(54)91(65-43-41-60-47-58(37-39-62(60)49-65)56-23-5-3-6-24-56)79-52-75-86(88-84(79)70-30-14-19-35-81(70)93-88)87-76(90(75)73-32-16-13-29-69(73)83-72-51-64-27-11-12-28-67(64)68(72)45-46-74(83)90)53-80(85-71-31-15-20-36-82(71)94-89(85)87)92(78-34-18-10-22-55(78)2)66-44-42-61-48-59(38-40-63(61)50-66)57-25-7-4-8-26-57/h3-50,52-53H,51H2,1-2H3. The van der Waals surface area contributed by atoms with Crippen LogP contribution in [0.5, 0.6) is 0 Å². The van der Waals surface area contributed by atoms with E-state index in [0.29, 0.717) is 0 Å². The zero-order valence-electron chi connectivity index (χ0n) is 51.8. The zero-order chi connectivity index (χ0) is 61.9. The van der Waals surface area contributed by atoms with Gasteiger partial charge in [-0.3, -0.25) is 0 Å². The lowest BCUT2D eigenvalue weighted by atomic mass is 9.70. The molecule has 440 valence electrons. The van der Waals surface area contributed by atoms with Gasteiger partial charge in [-0.25, -0.2) is 0 Å². The average molecular weight is 1200 g/mol. The van der Waals surface area contributed by atoms with Crippen molar-refractivity contribution in [1.29, 1.82) is 0 Å². The Labute approximate surface area is 544 Å². The van der Waals surface area contributed by atoms with E-state index in [0.717, 1.165) is 129 Å². The molecule has 4 nitrogen and oxygen atoms in total. The fourth-order valence-corrected chi connectivity index (χ4v) is 16.7. The van der Waals surface area contributed by atoms with Gasteiger partial charge >= 0.3 is 0 Å². The average Bonchev–Trinajstić information content (AvgIpc) is 1.48. The van der Waals surface area contributed by atoms with E-state index in [1.807, 2.05) is 0 Å². The molecule has 0 aliphatic heterocycles. The summed E-state index contributed by atoms with van der Waals surface area (Å²) >= 11 is 0. The molecule has 2 aromatic heterocycles. The smallest absolute Gasteiger partial charge is 0.145 e. The van der Waals surface area contributed by atoms with Crippen LogP contribution >= 0.6 is 0 Å². The van der Waals surface area contributed by atoms with E-state index < -0.39 is 5.41 Å². The SMILES string of the molecule is Cc1ccccc1N(c1ccc2cc(-c3ccccc3)ccc2c1)c1cc2c(c3oc4ccccc4c13)-c1c(cc(N(c3ccc4cc(-c5ccccc5)ccc4c3)c3ccccc3C)c3c1oc1ccccc13)C21c2ccccc2-c2c1ccc1c2Cc2ccccc2-1. The summed E-state index contributed by atoms with van der Waals surface area (Å²) in [5, 5.41) is 8.84. The van der Waals surface area contributed by atoms with Gasteiger partial charge in [0.05, 0.1) is 27.6 Å². The molecule has 3 aliphatic rings. The second kappa shape index (κ2) is 20.0. The number of benzene rings is 15. The van der Waals surface area contributed by atoms with Gasteiger partial charge in [0.25, 0.3) is 0 Å². The quantitative estimate of drug-likeness (QED) is 0.152. The molecule has 15 aromatic carbocycles. The van der Waals surface area contributed by atoms with Gasteiger partial charge in [-0.05, 0) is 204 Å². The summed E-state index contributed by atoms with van der Waals surface area (Å²) in [5.74, 6) is 0. The molecule has 1 spiro atoms. The second-order valence-electron chi connectivity index (χ2n) is 25.9. The molecule has 3 aliphatic carbocycles. The highest BCUT2D eigenvalue weighted by molar-refractivity contribution is 6.26. The molecular weight excluding hydrogens is 1140 g/mol. The highest BCUT2D eigenvalue weighted by Gasteiger charge is 2.56. The van der Waals surface area contributed by atoms with Crippen LogP contribution < -0.4 is 9.80 Å². The molecule has 0 atom stereocenters. The number of para-hydroxylation sites is 4.